The summed E-state index contributed by atoms with van der Waals surface area (Å²) in [5.74, 6) is 0.213. The molecule has 1 aromatic carbocycles. The molecule has 2 aromatic rings. The van der Waals surface area contributed by atoms with Gasteiger partial charge in [-0.25, -0.2) is 4.68 Å². The van der Waals surface area contributed by atoms with Crippen LogP contribution in [0, 0.1) is 12.8 Å². The zero-order valence-electron chi connectivity index (χ0n) is 16.3. The van der Waals surface area contributed by atoms with Crippen molar-refractivity contribution in [1.29, 1.82) is 0 Å². The highest BCUT2D eigenvalue weighted by Crippen LogP contribution is 2.13. The fourth-order valence-electron chi connectivity index (χ4n) is 3.62. The van der Waals surface area contributed by atoms with Gasteiger partial charge < -0.3 is 10.1 Å². The lowest BCUT2D eigenvalue weighted by Gasteiger charge is -2.36. The average molecular weight is 372 g/mol. The summed E-state index contributed by atoms with van der Waals surface area (Å²) in [6, 6.07) is 7.60. The maximum atomic E-state index is 12.6. The zero-order chi connectivity index (χ0) is 19.4. The third-order valence-electron chi connectivity index (χ3n) is 5.14. The maximum absolute atomic E-state index is 12.6. The fraction of sp³-hybridized carbons (Fsp3) is 0.550. The molecule has 1 saturated heterocycles. The van der Waals surface area contributed by atoms with E-state index in [0.29, 0.717) is 17.8 Å². The second-order valence-corrected chi connectivity index (χ2v) is 7.36. The van der Waals surface area contributed by atoms with Crippen LogP contribution in [0.2, 0.25) is 0 Å². The normalized spacial score (nSPS) is 16.6. The van der Waals surface area contributed by atoms with Crippen molar-refractivity contribution in [3.63, 3.8) is 0 Å². The fourth-order valence-corrected chi connectivity index (χ4v) is 3.62. The molecule has 1 amide bonds. The van der Waals surface area contributed by atoms with E-state index >= 15 is 0 Å². The molecule has 1 aliphatic heterocycles. The van der Waals surface area contributed by atoms with E-state index in [1.165, 1.54) is 4.68 Å². The molecule has 2 heterocycles. The van der Waals surface area contributed by atoms with Crippen LogP contribution in [-0.2, 0) is 16.1 Å². The molecule has 1 N–H and O–H groups in total. The summed E-state index contributed by atoms with van der Waals surface area (Å²) in [5, 5.41) is 8.71. The zero-order valence-corrected chi connectivity index (χ0v) is 16.3. The first kappa shape index (κ1) is 19.5. The second kappa shape index (κ2) is 8.63. The lowest BCUT2D eigenvalue weighted by Crippen LogP contribution is -2.51. The highest BCUT2D eigenvalue weighted by Gasteiger charge is 2.24. The summed E-state index contributed by atoms with van der Waals surface area (Å²) in [6.45, 7) is 9.86. The van der Waals surface area contributed by atoms with Crippen molar-refractivity contribution < 1.29 is 9.53 Å². The number of carbonyl (C=O) groups excluding carboxylic acids is 1. The number of hydrogen-bond acceptors (Lipinski definition) is 5. The standard InChI is InChI=1S/C20H28N4O3/c1-14(2)18(23-8-10-27-11-9-23)12-21-19(25)13-24-20(26)17-7-5-4-6-16(17)15(3)22-24/h4-7,14,18H,8-13H2,1-3H3,(H,21,25). The number of nitrogens with one attached hydrogen (secondary N) is 1. The predicted molar refractivity (Wildman–Crippen MR) is 105 cm³/mol. The number of fused-ring (bicyclic) bond motifs is 1. The van der Waals surface area contributed by atoms with Gasteiger partial charge in [0.05, 0.1) is 24.3 Å². The van der Waals surface area contributed by atoms with Crippen molar-refractivity contribution in [1.82, 2.24) is 20.0 Å². The number of ether oxygens (including phenoxy) is 1. The number of nitrogens with zero attached hydrogens (tertiary/aromatic N) is 3. The molecule has 0 spiro atoms. The van der Waals surface area contributed by atoms with Gasteiger partial charge in [-0.05, 0) is 18.9 Å². The molecule has 7 nitrogen and oxygen atoms in total. The Hall–Kier alpha value is -2.25. The number of benzene rings is 1. The molecule has 1 fully saturated rings. The Kier molecular flexibility index (Phi) is 6.23. The molecular formula is C20H28N4O3. The molecule has 0 saturated carbocycles. The molecule has 1 unspecified atom stereocenters. The predicted octanol–water partition coefficient (Wildman–Crippen LogP) is 1.18. The molecule has 1 aromatic heterocycles. The Morgan fingerprint density at radius 1 is 1.22 bits per heavy atom. The summed E-state index contributed by atoms with van der Waals surface area (Å²) in [6.07, 6.45) is 0. The summed E-state index contributed by atoms with van der Waals surface area (Å²) in [5.41, 5.74) is 0.506. The highest BCUT2D eigenvalue weighted by atomic mass is 16.5. The van der Waals surface area contributed by atoms with Gasteiger partial charge in [-0.15, -0.1) is 0 Å². The van der Waals surface area contributed by atoms with Gasteiger partial charge in [-0.1, -0.05) is 32.0 Å². The van der Waals surface area contributed by atoms with Gasteiger partial charge in [0.1, 0.15) is 6.54 Å². The first-order chi connectivity index (χ1) is 13.0. The van der Waals surface area contributed by atoms with Gasteiger partial charge in [0, 0.05) is 31.1 Å². The SMILES string of the molecule is Cc1nn(CC(=O)NCC(C(C)C)N2CCOCC2)c(=O)c2ccccc12. The van der Waals surface area contributed by atoms with Crippen LogP contribution in [0.1, 0.15) is 19.5 Å². The number of carbonyl (C=O) groups is 1. The van der Waals surface area contributed by atoms with Crippen LogP contribution in [0.5, 0.6) is 0 Å². The van der Waals surface area contributed by atoms with Crippen molar-refractivity contribution in [3.05, 3.63) is 40.3 Å². The van der Waals surface area contributed by atoms with Crippen LogP contribution in [0.4, 0.5) is 0 Å². The minimum absolute atomic E-state index is 0.0710. The Balaban J connectivity index is 1.67. The Bertz CT molecular complexity index is 856. The van der Waals surface area contributed by atoms with Crippen LogP contribution in [0.25, 0.3) is 10.8 Å². The number of aromatic nitrogens is 2. The smallest absolute Gasteiger partial charge is 0.275 e. The average Bonchev–Trinajstić information content (AvgIpc) is 2.66. The number of morpholine rings is 1. The van der Waals surface area contributed by atoms with E-state index in [0.717, 1.165) is 37.4 Å². The molecule has 27 heavy (non-hydrogen) atoms. The molecule has 0 bridgehead atoms. The molecular weight excluding hydrogens is 344 g/mol. The summed E-state index contributed by atoms with van der Waals surface area (Å²) < 4.78 is 6.67. The van der Waals surface area contributed by atoms with E-state index < -0.39 is 0 Å². The molecule has 0 aliphatic carbocycles. The van der Waals surface area contributed by atoms with Gasteiger partial charge in [0.15, 0.2) is 0 Å². The van der Waals surface area contributed by atoms with Crippen molar-refractivity contribution in [2.75, 3.05) is 32.8 Å². The van der Waals surface area contributed by atoms with E-state index in [1.807, 2.05) is 25.1 Å². The second-order valence-electron chi connectivity index (χ2n) is 7.36. The van der Waals surface area contributed by atoms with Gasteiger partial charge in [0.2, 0.25) is 5.91 Å². The minimum Gasteiger partial charge on any atom is -0.379 e. The van der Waals surface area contributed by atoms with E-state index in [1.54, 1.807) is 6.07 Å². The highest BCUT2D eigenvalue weighted by molar-refractivity contribution is 5.83. The monoisotopic (exact) mass is 372 g/mol. The van der Waals surface area contributed by atoms with Crippen molar-refractivity contribution in [2.24, 2.45) is 5.92 Å². The van der Waals surface area contributed by atoms with E-state index in [9.17, 15) is 9.59 Å². The van der Waals surface area contributed by atoms with Crippen molar-refractivity contribution in [3.8, 4) is 0 Å². The summed E-state index contributed by atoms with van der Waals surface area (Å²) >= 11 is 0. The van der Waals surface area contributed by atoms with E-state index in [4.69, 9.17) is 4.74 Å². The largest absolute Gasteiger partial charge is 0.379 e. The molecule has 1 atom stereocenters. The van der Waals surface area contributed by atoms with E-state index in [2.05, 4.69) is 29.2 Å². The summed E-state index contributed by atoms with van der Waals surface area (Å²) in [4.78, 5) is 27.4. The number of rotatable bonds is 6. The Morgan fingerprint density at radius 2 is 1.89 bits per heavy atom. The lowest BCUT2D eigenvalue weighted by atomic mass is 10.0. The Morgan fingerprint density at radius 3 is 2.56 bits per heavy atom. The van der Waals surface area contributed by atoms with Gasteiger partial charge in [-0.2, -0.15) is 5.10 Å². The quantitative estimate of drug-likeness (QED) is 0.824. The van der Waals surface area contributed by atoms with Gasteiger partial charge >= 0.3 is 0 Å². The topological polar surface area (TPSA) is 76.5 Å². The number of hydrogen-bond donors (Lipinski definition) is 1. The van der Waals surface area contributed by atoms with Crippen LogP contribution in [0.3, 0.4) is 0 Å². The van der Waals surface area contributed by atoms with Gasteiger partial charge in [-0.3, -0.25) is 14.5 Å². The van der Waals surface area contributed by atoms with E-state index in [-0.39, 0.29) is 24.1 Å². The van der Waals surface area contributed by atoms with Crippen LogP contribution in [-0.4, -0.2) is 59.5 Å². The third-order valence-corrected chi connectivity index (χ3v) is 5.14. The lowest BCUT2D eigenvalue weighted by molar-refractivity contribution is -0.122. The number of amides is 1. The molecule has 7 heteroatoms. The number of aryl methyl sites for hydroxylation is 1. The van der Waals surface area contributed by atoms with Gasteiger partial charge in [0.25, 0.3) is 5.56 Å². The first-order valence-electron chi connectivity index (χ1n) is 9.52. The molecule has 0 radical (unpaired) electrons. The van der Waals surface area contributed by atoms with Crippen molar-refractivity contribution >= 4 is 16.7 Å². The third kappa shape index (κ3) is 4.54. The molecule has 1 aliphatic rings. The summed E-state index contributed by atoms with van der Waals surface area (Å²) in [7, 11) is 0. The molecule has 146 valence electrons. The Labute approximate surface area is 159 Å². The van der Waals surface area contributed by atoms with Crippen molar-refractivity contribution in [2.45, 2.75) is 33.4 Å². The first-order valence-corrected chi connectivity index (χ1v) is 9.52. The van der Waals surface area contributed by atoms with Crippen LogP contribution in [0.15, 0.2) is 29.1 Å². The van der Waals surface area contributed by atoms with Crippen LogP contribution < -0.4 is 10.9 Å². The van der Waals surface area contributed by atoms with Crippen LogP contribution >= 0.6 is 0 Å². The molecule has 3 rings (SSSR count). The maximum Gasteiger partial charge on any atom is 0.275 e. The minimum atomic E-state index is -0.236.